The van der Waals surface area contributed by atoms with E-state index in [1.165, 1.54) is 12.1 Å². The predicted molar refractivity (Wildman–Crippen MR) is 82.4 cm³/mol. The fourth-order valence-corrected chi connectivity index (χ4v) is 2.30. The summed E-state index contributed by atoms with van der Waals surface area (Å²) in [4.78, 5) is 16.0. The number of nitrogens with one attached hydrogen (secondary N) is 2. The number of H-pyrrole nitrogens is 1. The first-order valence-corrected chi connectivity index (χ1v) is 6.97. The van der Waals surface area contributed by atoms with E-state index in [2.05, 4.69) is 20.4 Å². The zero-order chi connectivity index (χ0) is 16.2. The van der Waals surface area contributed by atoms with Gasteiger partial charge in [-0.1, -0.05) is 0 Å². The van der Waals surface area contributed by atoms with Gasteiger partial charge in [0.2, 0.25) is 0 Å². The summed E-state index contributed by atoms with van der Waals surface area (Å²) in [6.45, 7) is 0.212. The molecule has 7 heteroatoms. The number of carbonyl (C=O) groups is 1. The summed E-state index contributed by atoms with van der Waals surface area (Å²) in [6.07, 6.45) is 0. The molecule has 23 heavy (non-hydrogen) atoms. The number of fused-ring (bicyclic) bond motifs is 1. The number of aromatic amines is 1. The lowest BCUT2D eigenvalue weighted by molar-refractivity contribution is -0.240. The van der Waals surface area contributed by atoms with Crippen LogP contribution in [0.3, 0.4) is 0 Å². The highest BCUT2D eigenvalue weighted by Gasteiger charge is 2.12. The van der Waals surface area contributed by atoms with Gasteiger partial charge in [0.25, 0.3) is 5.91 Å². The van der Waals surface area contributed by atoms with E-state index in [1.54, 1.807) is 30.3 Å². The standard InChI is InChI=1S/C16H14FN3O3/c17-12-4-1-10(2-5-12)15-13-9-11(3-6-14(13)19-20-15)16(21)18-7-8-23-22/h1-6,9,22H,7-8H2,(H,18,21)(H,19,20). The third kappa shape index (κ3) is 3.20. The van der Waals surface area contributed by atoms with Crippen LogP contribution in [0.4, 0.5) is 4.39 Å². The van der Waals surface area contributed by atoms with Crippen LogP contribution in [-0.4, -0.2) is 34.5 Å². The van der Waals surface area contributed by atoms with Crippen molar-refractivity contribution in [3.05, 3.63) is 53.8 Å². The van der Waals surface area contributed by atoms with Crippen LogP contribution < -0.4 is 5.32 Å². The molecule has 0 bridgehead atoms. The molecule has 0 spiro atoms. The molecule has 6 nitrogen and oxygen atoms in total. The van der Waals surface area contributed by atoms with Crippen molar-refractivity contribution in [3.63, 3.8) is 0 Å². The third-order valence-corrected chi connectivity index (χ3v) is 3.42. The lowest BCUT2D eigenvalue weighted by atomic mass is 10.1. The molecule has 3 aromatic rings. The Morgan fingerprint density at radius 1 is 1.26 bits per heavy atom. The van der Waals surface area contributed by atoms with E-state index >= 15 is 0 Å². The summed E-state index contributed by atoms with van der Waals surface area (Å²) in [6, 6.07) is 11.1. The Hall–Kier alpha value is -2.77. The summed E-state index contributed by atoms with van der Waals surface area (Å²) in [5.74, 6) is -0.602. The molecular weight excluding hydrogens is 301 g/mol. The lowest BCUT2D eigenvalue weighted by Gasteiger charge is -2.04. The molecular formula is C16H14FN3O3. The summed E-state index contributed by atoms with van der Waals surface area (Å²) in [7, 11) is 0. The van der Waals surface area contributed by atoms with Crippen molar-refractivity contribution in [1.82, 2.24) is 15.5 Å². The van der Waals surface area contributed by atoms with Crippen molar-refractivity contribution in [2.75, 3.05) is 13.2 Å². The van der Waals surface area contributed by atoms with Crippen LogP contribution in [0.1, 0.15) is 10.4 Å². The second-order valence-electron chi connectivity index (χ2n) is 4.93. The van der Waals surface area contributed by atoms with Crippen LogP contribution in [0.5, 0.6) is 0 Å². The second-order valence-corrected chi connectivity index (χ2v) is 4.93. The van der Waals surface area contributed by atoms with E-state index in [4.69, 9.17) is 5.26 Å². The van der Waals surface area contributed by atoms with Gasteiger partial charge in [0.1, 0.15) is 5.82 Å². The van der Waals surface area contributed by atoms with E-state index in [-0.39, 0.29) is 24.9 Å². The second kappa shape index (κ2) is 6.55. The molecule has 2 aromatic carbocycles. The average Bonchev–Trinajstić information content (AvgIpc) is 2.99. The van der Waals surface area contributed by atoms with E-state index < -0.39 is 0 Å². The van der Waals surface area contributed by atoms with Gasteiger partial charge in [-0.3, -0.25) is 15.2 Å². The Morgan fingerprint density at radius 3 is 2.78 bits per heavy atom. The van der Waals surface area contributed by atoms with Crippen molar-refractivity contribution in [3.8, 4) is 11.3 Å². The minimum atomic E-state index is -0.320. The monoisotopic (exact) mass is 315 g/mol. The molecule has 0 unspecified atom stereocenters. The van der Waals surface area contributed by atoms with Gasteiger partial charge < -0.3 is 5.32 Å². The molecule has 3 N–H and O–H groups in total. The average molecular weight is 315 g/mol. The van der Waals surface area contributed by atoms with Crippen molar-refractivity contribution in [2.45, 2.75) is 0 Å². The topological polar surface area (TPSA) is 87.2 Å². The van der Waals surface area contributed by atoms with Crippen LogP contribution in [0.25, 0.3) is 22.2 Å². The Morgan fingerprint density at radius 2 is 2.04 bits per heavy atom. The first-order valence-electron chi connectivity index (χ1n) is 6.97. The third-order valence-electron chi connectivity index (χ3n) is 3.42. The van der Waals surface area contributed by atoms with Crippen LogP contribution in [0, 0.1) is 5.82 Å². The predicted octanol–water partition coefficient (Wildman–Crippen LogP) is 2.59. The van der Waals surface area contributed by atoms with Crippen LogP contribution >= 0.6 is 0 Å². The van der Waals surface area contributed by atoms with Crippen LogP contribution in [-0.2, 0) is 4.89 Å². The molecule has 1 aromatic heterocycles. The van der Waals surface area contributed by atoms with Gasteiger partial charge in [-0.2, -0.15) is 5.10 Å². The minimum Gasteiger partial charge on any atom is -0.350 e. The van der Waals surface area contributed by atoms with Gasteiger partial charge in [0.15, 0.2) is 0 Å². The zero-order valence-corrected chi connectivity index (χ0v) is 12.0. The van der Waals surface area contributed by atoms with Gasteiger partial charge in [0, 0.05) is 23.1 Å². The fourth-order valence-electron chi connectivity index (χ4n) is 2.30. The summed E-state index contributed by atoms with van der Waals surface area (Å²) >= 11 is 0. The molecule has 3 rings (SSSR count). The van der Waals surface area contributed by atoms with Crippen molar-refractivity contribution in [1.29, 1.82) is 0 Å². The van der Waals surface area contributed by atoms with E-state index in [9.17, 15) is 9.18 Å². The van der Waals surface area contributed by atoms with Crippen molar-refractivity contribution < 1.29 is 19.3 Å². The van der Waals surface area contributed by atoms with Gasteiger partial charge >= 0.3 is 0 Å². The summed E-state index contributed by atoms with van der Waals surface area (Å²) in [5, 5.41) is 18.8. The number of rotatable bonds is 5. The molecule has 118 valence electrons. The number of halogens is 1. The maximum atomic E-state index is 13.1. The fraction of sp³-hybridized carbons (Fsp3) is 0.125. The van der Waals surface area contributed by atoms with Gasteiger partial charge in [-0.25, -0.2) is 9.28 Å². The maximum Gasteiger partial charge on any atom is 0.251 e. The molecule has 0 aliphatic heterocycles. The number of benzene rings is 2. The highest BCUT2D eigenvalue weighted by atomic mass is 19.1. The zero-order valence-electron chi connectivity index (χ0n) is 12.0. The van der Waals surface area contributed by atoms with E-state index in [0.29, 0.717) is 11.3 Å². The SMILES string of the molecule is O=C(NCCOO)c1ccc2[nH]nc(-c3ccc(F)cc3)c2c1. The van der Waals surface area contributed by atoms with Gasteiger partial charge in [-0.05, 0) is 42.5 Å². The van der Waals surface area contributed by atoms with E-state index in [0.717, 1.165) is 16.5 Å². The van der Waals surface area contributed by atoms with Gasteiger partial charge in [0.05, 0.1) is 17.8 Å². The molecule has 0 saturated carbocycles. The Labute approximate surface area is 130 Å². The molecule has 1 heterocycles. The highest BCUT2D eigenvalue weighted by Crippen LogP contribution is 2.27. The highest BCUT2D eigenvalue weighted by molar-refractivity contribution is 6.01. The smallest absolute Gasteiger partial charge is 0.251 e. The number of nitrogens with zero attached hydrogens (tertiary/aromatic N) is 1. The van der Waals surface area contributed by atoms with Crippen molar-refractivity contribution in [2.24, 2.45) is 0 Å². The Kier molecular flexibility index (Phi) is 4.31. The number of hydrogen-bond donors (Lipinski definition) is 3. The number of amides is 1. The largest absolute Gasteiger partial charge is 0.350 e. The number of aromatic nitrogens is 2. The molecule has 0 aliphatic carbocycles. The maximum absolute atomic E-state index is 13.1. The minimum absolute atomic E-state index is 0.0144. The molecule has 0 atom stereocenters. The molecule has 0 aliphatic rings. The van der Waals surface area contributed by atoms with Crippen LogP contribution in [0.2, 0.25) is 0 Å². The van der Waals surface area contributed by atoms with E-state index in [1.807, 2.05) is 0 Å². The molecule has 0 saturated heterocycles. The first kappa shape index (κ1) is 15.1. The number of hydrogen-bond acceptors (Lipinski definition) is 4. The quantitative estimate of drug-likeness (QED) is 0.384. The summed E-state index contributed by atoms with van der Waals surface area (Å²) < 4.78 is 13.1. The molecule has 0 radical (unpaired) electrons. The number of carbonyl (C=O) groups excluding carboxylic acids is 1. The van der Waals surface area contributed by atoms with Crippen LogP contribution in [0.15, 0.2) is 42.5 Å². The Bertz CT molecular complexity index is 830. The molecule has 1 amide bonds. The summed E-state index contributed by atoms with van der Waals surface area (Å²) in [5.41, 5.74) is 2.64. The molecule has 0 fully saturated rings. The first-order chi connectivity index (χ1) is 11.2. The van der Waals surface area contributed by atoms with Gasteiger partial charge in [-0.15, -0.1) is 0 Å². The normalized spacial score (nSPS) is 10.9. The van der Waals surface area contributed by atoms with Crippen molar-refractivity contribution >= 4 is 16.8 Å². The Balaban J connectivity index is 1.93. The lowest BCUT2D eigenvalue weighted by Crippen LogP contribution is -2.26.